The third-order valence-electron chi connectivity index (χ3n) is 2.02. The van der Waals surface area contributed by atoms with Crippen LogP contribution in [0.4, 0.5) is 0 Å². The van der Waals surface area contributed by atoms with Crippen LogP contribution in [0.5, 0.6) is 0 Å². The molecule has 20 heavy (non-hydrogen) atoms. The van der Waals surface area contributed by atoms with E-state index in [4.69, 9.17) is 3.67 Å². The molecule has 0 atom stereocenters. The van der Waals surface area contributed by atoms with Gasteiger partial charge in [-0.15, -0.1) is 24.8 Å². The molecular formula is C14H23Cl2N2OV-. The molecule has 0 N–H and O–H groups in total. The fourth-order valence-electron chi connectivity index (χ4n) is 1.50. The van der Waals surface area contributed by atoms with Gasteiger partial charge in [-0.3, -0.25) is 0 Å². The molecule has 0 aliphatic carbocycles. The van der Waals surface area contributed by atoms with Crippen molar-refractivity contribution < 1.29 is 21.0 Å². The average molecular weight is 357 g/mol. The van der Waals surface area contributed by atoms with E-state index >= 15 is 0 Å². The van der Waals surface area contributed by atoms with Gasteiger partial charge in [-0.05, 0) is 24.1 Å². The van der Waals surface area contributed by atoms with Gasteiger partial charge in [-0.2, -0.15) is 0 Å². The van der Waals surface area contributed by atoms with Crippen molar-refractivity contribution in [2.45, 2.75) is 46.2 Å². The van der Waals surface area contributed by atoms with Crippen molar-refractivity contribution in [3.05, 3.63) is 41.2 Å². The summed E-state index contributed by atoms with van der Waals surface area (Å²) in [6, 6.07) is 11.0. The van der Waals surface area contributed by atoms with Crippen LogP contribution in [0, 0.1) is 0 Å². The Bertz CT molecular complexity index is 359. The quantitative estimate of drug-likeness (QED) is 0.576. The van der Waals surface area contributed by atoms with Crippen LogP contribution < -0.4 is 0 Å². The van der Waals surface area contributed by atoms with Crippen LogP contribution in [0.15, 0.2) is 35.3 Å². The normalized spacial score (nSPS) is 9.95. The van der Waals surface area contributed by atoms with Crippen LogP contribution in [0.25, 0.3) is 5.32 Å². The number of aliphatic imine (C=N–C) groups is 1. The SMILES string of the molecule is CC(C)N=C(Cc1ccccc1)[N-]C(C)C.Cl.Cl.[O]=[V]. The molecule has 0 aliphatic heterocycles. The molecular weight excluding hydrogens is 334 g/mol. The molecule has 1 rings (SSSR count). The second kappa shape index (κ2) is 15.1. The van der Waals surface area contributed by atoms with Crippen molar-refractivity contribution in [1.82, 2.24) is 0 Å². The number of hydrogen-bond acceptors (Lipinski definition) is 2. The molecule has 115 valence electrons. The van der Waals surface area contributed by atoms with Gasteiger partial charge in [0, 0.05) is 0 Å². The van der Waals surface area contributed by atoms with Crippen molar-refractivity contribution in [2.75, 3.05) is 0 Å². The van der Waals surface area contributed by atoms with E-state index in [1.807, 2.05) is 6.07 Å². The summed E-state index contributed by atoms with van der Waals surface area (Å²) in [4.78, 5) is 4.56. The Balaban J connectivity index is -0.000000689. The number of rotatable bonds is 4. The first kappa shape index (κ1) is 24.7. The molecule has 1 aromatic rings. The predicted octanol–water partition coefficient (Wildman–Crippen LogP) is 4.54. The molecule has 6 heteroatoms. The second-order valence-corrected chi connectivity index (χ2v) is 4.52. The van der Waals surface area contributed by atoms with Crippen molar-refractivity contribution in [3.8, 4) is 0 Å². The van der Waals surface area contributed by atoms with E-state index in [9.17, 15) is 0 Å². The van der Waals surface area contributed by atoms with Crippen molar-refractivity contribution >= 4 is 30.6 Å². The molecule has 0 heterocycles. The van der Waals surface area contributed by atoms with Gasteiger partial charge in [0.05, 0.1) is 0 Å². The molecule has 0 radical (unpaired) electrons. The van der Waals surface area contributed by atoms with Crippen LogP contribution in [0.3, 0.4) is 0 Å². The third-order valence-corrected chi connectivity index (χ3v) is 2.02. The second-order valence-electron chi connectivity index (χ2n) is 4.52. The summed E-state index contributed by atoms with van der Waals surface area (Å²) < 4.78 is 8.19. The van der Waals surface area contributed by atoms with Crippen molar-refractivity contribution in [2.24, 2.45) is 4.99 Å². The van der Waals surface area contributed by atoms with Gasteiger partial charge in [-0.1, -0.05) is 63.9 Å². The molecule has 0 saturated heterocycles. The summed E-state index contributed by atoms with van der Waals surface area (Å²) in [5, 5.41) is 4.56. The molecule has 0 spiro atoms. The molecule has 3 nitrogen and oxygen atoms in total. The van der Waals surface area contributed by atoms with E-state index < -0.39 is 0 Å². The summed E-state index contributed by atoms with van der Waals surface area (Å²) in [6.45, 7) is 8.34. The van der Waals surface area contributed by atoms with E-state index in [2.05, 4.69) is 62.3 Å². The van der Waals surface area contributed by atoms with Gasteiger partial charge in [0.25, 0.3) is 0 Å². The Morgan fingerprint density at radius 1 is 1.10 bits per heavy atom. The first-order valence-corrected chi connectivity index (χ1v) is 6.64. The first-order valence-electron chi connectivity index (χ1n) is 6.07. The van der Waals surface area contributed by atoms with E-state index in [-0.39, 0.29) is 24.8 Å². The van der Waals surface area contributed by atoms with E-state index in [0.29, 0.717) is 12.1 Å². The number of amidine groups is 1. The maximum absolute atomic E-state index is 8.19. The molecule has 0 aliphatic rings. The fraction of sp³-hybridized carbons (Fsp3) is 0.500. The van der Waals surface area contributed by atoms with Gasteiger partial charge in [-0.25, -0.2) is 0 Å². The summed E-state index contributed by atoms with van der Waals surface area (Å²) in [6.07, 6.45) is 0.831. The molecule has 0 unspecified atom stereocenters. The number of hydrogen-bond donors (Lipinski definition) is 0. The third kappa shape index (κ3) is 12.7. The van der Waals surface area contributed by atoms with Gasteiger partial charge < -0.3 is 10.3 Å². The summed E-state index contributed by atoms with van der Waals surface area (Å²) in [7, 11) is 0. The molecule has 0 bridgehead atoms. The standard InChI is InChI=1S/C14H21N2.2ClH.O.V/c1-11(2)15-14(16-12(3)4)10-13-8-6-5-7-9-13;;;;/h5-9,11-12H,10H2,1-4H3;2*1H;;/q-1;;;;. The zero-order valence-electron chi connectivity index (χ0n) is 12.3. The number of halogens is 2. The average Bonchev–Trinajstić information content (AvgIpc) is 2.31. The zero-order chi connectivity index (χ0) is 14.0. The van der Waals surface area contributed by atoms with Crippen LogP contribution in [0.2, 0.25) is 0 Å². The molecule has 0 saturated carbocycles. The van der Waals surface area contributed by atoms with E-state index in [0.717, 1.165) is 29.6 Å². The Morgan fingerprint density at radius 3 is 2.00 bits per heavy atom. The van der Waals surface area contributed by atoms with Crippen molar-refractivity contribution in [3.63, 3.8) is 0 Å². The summed E-state index contributed by atoms with van der Waals surface area (Å²) in [5.74, 6) is 0.955. The predicted molar refractivity (Wildman–Crippen MR) is 86.4 cm³/mol. The van der Waals surface area contributed by atoms with Crippen LogP contribution in [-0.4, -0.2) is 17.9 Å². The Kier molecular flexibility index (Phi) is 18.6. The molecule has 0 aromatic heterocycles. The van der Waals surface area contributed by atoms with Crippen LogP contribution in [-0.2, 0) is 27.5 Å². The zero-order valence-corrected chi connectivity index (χ0v) is 15.3. The number of nitrogens with zero attached hydrogens (tertiary/aromatic N) is 2. The van der Waals surface area contributed by atoms with Crippen LogP contribution in [0.1, 0.15) is 33.3 Å². The minimum atomic E-state index is 0. The van der Waals surface area contributed by atoms with Gasteiger partial charge in [0.2, 0.25) is 0 Å². The van der Waals surface area contributed by atoms with E-state index in [1.165, 1.54) is 5.56 Å². The van der Waals surface area contributed by atoms with Gasteiger partial charge >= 0.3 is 21.0 Å². The Hall–Kier alpha value is -0.346. The topological polar surface area (TPSA) is 43.5 Å². The van der Waals surface area contributed by atoms with Gasteiger partial charge in [0.15, 0.2) is 0 Å². The Morgan fingerprint density at radius 2 is 1.60 bits per heavy atom. The van der Waals surface area contributed by atoms with Gasteiger partial charge in [0.1, 0.15) is 0 Å². The van der Waals surface area contributed by atoms with E-state index in [1.54, 1.807) is 0 Å². The first-order chi connectivity index (χ1) is 8.58. The molecule has 0 fully saturated rings. The summed E-state index contributed by atoms with van der Waals surface area (Å²) >= 11 is 1.06. The summed E-state index contributed by atoms with van der Waals surface area (Å²) in [5.41, 5.74) is 1.27. The van der Waals surface area contributed by atoms with Crippen molar-refractivity contribution in [1.29, 1.82) is 0 Å². The molecule has 1 aromatic carbocycles. The monoisotopic (exact) mass is 356 g/mol. The van der Waals surface area contributed by atoms with Crippen LogP contribution >= 0.6 is 24.8 Å². The fourth-order valence-corrected chi connectivity index (χ4v) is 1.50. The molecule has 0 amide bonds. The minimum absolute atomic E-state index is 0. The maximum atomic E-state index is 8.19. The Labute approximate surface area is 144 Å². The number of benzene rings is 1.